The average molecular weight is 218 g/mol. The zero-order valence-corrected chi connectivity index (χ0v) is 9.74. The van der Waals surface area contributed by atoms with Crippen molar-refractivity contribution in [2.75, 3.05) is 19.8 Å². The normalized spacial score (nSPS) is 17.6. The zero-order valence-electron chi connectivity index (χ0n) is 9.74. The van der Waals surface area contributed by atoms with Crippen LogP contribution in [0.4, 0.5) is 0 Å². The molecule has 1 heterocycles. The van der Waals surface area contributed by atoms with E-state index in [1.54, 1.807) is 0 Å². The summed E-state index contributed by atoms with van der Waals surface area (Å²) in [6.07, 6.45) is 2.94. The molecule has 1 aromatic rings. The van der Waals surface area contributed by atoms with Crippen molar-refractivity contribution >= 4 is 6.08 Å². The van der Waals surface area contributed by atoms with Gasteiger partial charge in [0.25, 0.3) is 0 Å². The van der Waals surface area contributed by atoms with Crippen LogP contribution in [0.5, 0.6) is 5.75 Å². The number of rotatable bonds is 5. The highest BCUT2D eigenvalue weighted by molar-refractivity contribution is 5.48. The molecule has 0 spiro atoms. The minimum Gasteiger partial charge on any atom is -0.493 e. The molecular formula is C14H18O2. The van der Waals surface area contributed by atoms with Gasteiger partial charge < -0.3 is 9.47 Å². The van der Waals surface area contributed by atoms with Crippen molar-refractivity contribution in [2.45, 2.75) is 13.3 Å². The van der Waals surface area contributed by atoms with E-state index in [2.05, 4.69) is 13.5 Å². The van der Waals surface area contributed by atoms with E-state index in [0.717, 1.165) is 37.6 Å². The molecule has 2 nitrogen and oxygen atoms in total. The Morgan fingerprint density at radius 2 is 2.06 bits per heavy atom. The summed E-state index contributed by atoms with van der Waals surface area (Å²) in [7, 11) is 0. The van der Waals surface area contributed by atoms with Gasteiger partial charge in [-0.3, -0.25) is 0 Å². The van der Waals surface area contributed by atoms with Crippen molar-refractivity contribution in [2.24, 2.45) is 5.41 Å². The SMILES string of the molecule is C=Cc1ccc(OCC2(CC)COC2)cc1. The maximum absolute atomic E-state index is 5.79. The fourth-order valence-corrected chi connectivity index (χ4v) is 1.72. The highest BCUT2D eigenvalue weighted by Crippen LogP contribution is 2.31. The summed E-state index contributed by atoms with van der Waals surface area (Å²) in [5.74, 6) is 0.922. The molecule has 1 aromatic carbocycles. The van der Waals surface area contributed by atoms with Crippen LogP contribution < -0.4 is 4.74 Å². The summed E-state index contributed by atoms with van der Waals surface area (Å²) < 4.78 is 11.1. The predicted octanol–water partition coefficient (Wildman–Crippen LogP) is 3.14. The van der Waals surface area contributed by atoms with Gasteiger partial charge in [0.15, 0.2) is 0 Å². The molecule has 0 atom stereocenters. The Morgan fingerprint density at radius 3 is 2.50 bits per heavy atom. The lowest BCUT2D eigenvalue weighted by atomic mass is 9.84. The van der Waals surface area contributed by atoms with E-state index < -0.39 is 0 Å². The van der Waals surface area contributed by atoms with Gasteiger partial charge in [0.1, 0.15) is 5.75 Å². The molecule has 0 saturated carbocycles. The fraction of sp³-hybridized carbons (Fsp3) is 0.429. The van der Waals surface area contributed by atoms with Crippen molar-refractivity contribution in [3.8, 4) is 5.75 Å². The maximum Gasteiger partial charge on any atom is 0.119 e. The zero-order chi connectivity index (χ0) is 11.4. The van der Waals surface area contributed by atoms with Gasteiger partial charge in [0.05, 0.1) is 25.2 Å². The Kier molecular flexibility index (Phi) is 3.30. The van der Waals surface area contributed by atoms with E-state index in [9.17, 15) is 0 Å². The molecular weight excluding hydrogens is 200 g/mol. The first kappa shape index (κ1) is 11.2. The van der Waals surface area contributed by atoms with Crippen LogP contribution in [0.25, 0.3) is 6.08 Å². The summed E-state index contributed by atoms with van der Waals surface area (Å²) >= 11 is 0. The van der Waals surface area contributed by atoms with Gasteiger partial charge in [0.2, 0.25) is 0 Å². The van der Waals surface area contributed by atoms with Gasteiger partial charge in [-0.05, 0) is 24.1 Å². The molecule has 0 bridgehead atoms. The molecule has 0 unspecified atom stereocenters. The van der Waals surface area contributed by atoms with Gasteiger partial charge in [-0.2, -0.15) is 0 Å². The number of ether oxygens (including phenoxy) is 2. The fourth-order valence-electron chi connectivity index (χ4n) is 1.72. The smallest absolute Gasteiger partial charge is 0.119 e. The van der Waals surface area contributed by atoms with Crippen LogP contribution in [0, 0.1) is 5.41 Å². The van der Waals surface area contributed by atoms with Crippen LogP contribution in [0.2, 0.25) is 0 Å². The van der Waals surface area contributed by atoms with Gasteiger partial charge in [-0.25, -0.2) is 0 Å². The molecule has 2 heteroatoms. The number of benzene rings is 1. The van der Waals surface area contributed by atoms with E-state index in [-0.39, 0.29) is 5.41 Å². The summed E-state index contributed by atoms with van der Waals surface area (Å²) in [4.78, 5) is 0. The van der Waals surface area contributed by atoms with E-state index >= 15 is 0 Å². The number of hydrogen-bond acceptors (Lipinski definition) is 2. The minimum atomic E-state index is 0.247. The van der Waals surface area contributed by atoms with Crippen LogP contribution in [0.1, 0.15) is 18.9 Å². The summed E-state index contributed by atoms with van der Waals surface area (Å²) in [6, 6.07) is 8.00. The lowest BCUT2D eigenvalue weighted by Gasteiger charge is -2.40. The average Bonchev–Trinajstić information content (AvgIpc) is 2.29. The second kappa shape index (κ2) is 4.71. The molecule has 0 aliphatic carbocycles. The van der Waals surface area contributed by atoms with Crippen molar-refractivity contribution in [3.05, 3.63) is 36.4 Å². The molecule has 1 aliphatic rings. The lowest BCUT2D eigenvalue weighted by molar-refractivity contribution is -0.133. The molecule has 86 valence electrons. The Morgan fingerprint density at radius 1 is 1.38 bits per heavy atom. The van der Waals surface area contributed by atoms with Crippen molar-refractivity contribution in [1.29, 1.82) is 0 Å². The molecule has 1 saturated heterocycles. The van der Waals surface area contributed by atoms with Gasteiger partial charge >= 0.3 is 0 Å². The van der Waals surface area contributed by atoms with Crippen LogP contribution >= 0.6 is 0 Å². The van der Waals surface area contributed by atoms with E-state index in [4.69, 9.17) is 9.47 Å². The standard InChI is InChI=1S/C14H18O2/c1-3-12-5-7-13(8-6-12)16-11-14(4-2)9-15-10-14/h3,5-8H,1,4,9-11H2,2H3. The van der Waals surface area contributed by atoms with E-state index in [1.807, 2.05) is 30.3 Å². The molecule has 1 fully saturated rings. The van der Waals surface area contributed by atoms with Gasteiger partial charge in [-0.15, -0.1) is 0 Å². The molecule has 16 heavy (non-hydrogen) atoms. The summed E-state index contributed by atoms with van der Waals surface area (Å²) in [5.41, 5.74) is 1.36. The molecule has 0 amide bonds. The van der Waals surface area contributed by atoms with Crippen LogP contribution in [0.15, 0.2) is 30.8 Å². The Balaban J connectivity index is 1.91. The largest absolute Gasteiger partial charge is 0.493 e. The van der Waals surface area contributed by atoms with Gasteiger partial charge in [-0.1, -0.05) is 31.7 Å². The Labute approximate surface area is 96.9 Å². The second-order valence-electron chi connectivity index (χ2n) is 4.41. The highest BCUT2D eigenvalue weighted by Gasteiger charge is 2.37. The molecule has 1 aliphatic heterocycles. The maximum atomic E-state index is 5.79. The monoisotopic (exact) mass is 218 g/mol. The first-order valence-corrected chi connectivity index (χ1v) is 5.71. The summed E-state index contributed by atoms with van der Waals surface area (Å²) in [5, 5.41) is 0. The van der Waals surface area contributed by atoms with Crippen LogP contribution in [0.3, 0.4) is 0 Å². The second-order valence-corrected chi connectivity index (χ2v) is 4.41. The molecule has 0 radical (unpaired) electrons. The third kappa shape index (κ3) is 2.27. The summed E-state index contributed by atoms with van der Waals surface area (Å²) in [6.45, 7) is 8.31. The molecule has 0 N–H and O–H groups in total. The molecule has 0 aromatic heterocycles. The minimum absolute atomic E-state index is 0.247. The van der Waals surface area contributed by atoms with Crippen LogP contribution in [-0.4, -0.2) is 19.8 Å². The van der Waals surface area contributed by atoms with E-state index in [1.165, 1.54) is 0 Å². The van der Waals surface area contributed by atoms with Crippen molar-refractivity contribution in [3.63, 3.8) is 0 Å². The number of hydrogen-bond donors (Lipinski definition) is 0. The quantitative estimate of drug-likeness (QED) is 0.756. The third-order valence-electron chi connectivity index (χ3n) is 3.23. The van der Waals surface area contributed by atoms with Crippen molar-refractivity contribution < 1.29 is 9.47 Å². The topological polar surface area (TPSA) is 18.5 Å². The Bertz CT molecular complexity index is 344. The first-order chi connectivity index (χ1) is 7.78. The third-order valence-corrected chi connectivity index (χ3v) is 3.23. The predicted molar refractivity (Wildman–Crippen MR) is 65.6 cm³/mol. The highest BCUT2D eigenvalue weighted by atomic mass is 16.5. The lowest BCUT2D eigenvalue weighted by Crippen LogP contribution is -2.46. The Hall–Kier alpha value is -1.28. The van der Waals surface area contributed by atoms with Gasteiger partial charge in [0, 0.05) is 0 Å². The van der Waals surface area contributed by atoms with Crippen molar-refractivity contribution in [1.82, 2.24) is 0 Å². The van der Waals surface area contributed by atoms with E-state index in [0.29, 0.717) is 0 Å². The first-order valence-electron chi connectivity index (χ1n) is 5.71. The molecule has 2 rings (SSSR count). The van der Waals surface area contributed by atoms with Crippen LogP contribution in [-0.2, 0) is 4.74 Å².